The first-order valence-electron chi connectivity index (χ1n) is 6.31. The minimum Gasteiger partial charge on any atom is -0.394 e. The summed E-state index contributed by atoms with van der Waals surface area (Å²) in [5.41, 5.74) is 1.15. The zero-order valence-electron chi connectivity index (χ0n) is 10.3. The molecule has 4 heteroatoms. The predicted molar refractivity (Wildman–Crippen MR) is 74.7 cm³/mol. The number of aliphatic hydroxyl groups is 1. The molecule has 18 heavy (non-hydrogen) atoms. The molecule has 98 valence electrons. The molecule has 1 aliphatic rings. The van der Waals surface area contributed by atoms with Crippen LogP contribution in [0.1, 0.15) is 18.4 Å². The number of amides is 1. The highest BCUT2D eigenvalue weighted by Gasteiger charge is 2.31. The second-order valence-electron chi connectivity index (χ2n) is 4.67. The maximum atomic E-state index is 12.1. The topological polar surface area (TPSA) is 40.5 Å². The van der Waals surface area contributed by atoms with Gasteiger partial charge < -0.3 is 10.0 Å². The second kappa shape index (κ2) is 6.34. The number of nitrogens with zero attached hydrogens (tertiary/aromatic N) is 1. The van der Waals surface area contributed by atoms with Crippen molar-refractivity contribution in [2.24, 2.45) is 0 Å². The fourth-order valence-electron chi connectivity index (χ4n) is 2.38. The van der Waals surface area contributed by atoms with Crippen LogP contribution in [0.2, 0.25) is 0 Å². The number of aliphatic hydroxyl groups excluding tert-OH is 1. The Morgan fingerprint density at radius 3 is 2.78 bits per heavy atom. The largest absolute Gasteiger partial charge is 0.394 e. The Balaban J connectivity index is 2.06. The third-order valence-electron chi connectivity index (χ3n) is 3.37. The fourth-order valence-corrected chi connectivity index (χ4v) is 2.96. The molecule has 1 N–H and O–H groups in total. The van der Waals surface area contributed by atoms with Crippen molar-refractivity contribution >= 4 is 21.8 Å². The lowest BCUT2D eigenvalue weighted by molar-refractivity contribution is -0.135. The average Bonchev–Trinajstić information content (AvgIpc) is 2.41. The number of carbonyl (C=O) groups excluding carboxylic acids is 1. The van der Waals surface area contributed by atoms with E-state index in [0.717, 1.165) is 24.9 Å². The van der Waals surface area contributed by atoms with Gasteiger partial charge in [-0.25, -0.2) is 0 Å². The van der Waals surface area contributed by atoms with Crippen molar-refractivity contribution in [1.82, 2.24) is 4.90 Å². The summed E-state index contributed by atoms with van der Waals surface area (Å²) in [7, 11) is 0. The molecule has 3 nitrogen and oxygen atoms in total. The summed E-state index contributed by atoms with van der Waals surface area (Å²) in [4.78, 5) is 13.8. The van der Waals surface area contributed by atoms with E-state index in [0.29, 0.717) is 6.42 Å². The Morgan fingerprint density at radius 2 is 2.11 bits per heavy atom. The number of rotatable bonds is 4. The molecule has 0 aliphatic carbocycles. The smallest absolute Gasteiger partial charge is 0.236 e. The van der Waals surface area contributed by atoms with Crippen LogP contribution in [0.15, 0.2) is 30.3 Å². The summed E-state index contributed by atoms with van der Waals surface area (Å²) in [6.07, 6.45) is 2.59. The summed E-state index contributed by atoms with van der Waals surface area (Å²) in [6, 6.07) is 9.88. The number of hydrogen-bond acceptors (Lipinski definition) is 2. The highest BCUT2D eigenvalue weighted by atomic mass is 79.9. The molecule has 2 rings (SSSR count). The molecule has 2 atom stereocenters. The molecule has 2 unspecified atom stereocenters. The lowest BCUT2D eigenvalue weighted by Gasteiger charge is -2.35. The predicted octanol–water partition coefficient (Wildman–Crippen LogP) is 1.98. The number of halogens is 1. The molecule has 0 radical (unpaired) electrons. The first kappa shape index (κ1) is 13.6. The van der Waals surface area contributed by atoms with Crippen molar-refractivity contribution in [2.75, 3.05) is 13.2 Å². The molecule has 0 saturated carbocycles. The van der Waals surface area contributed by atoms with E-state index in [9.17, 15) is 9.90 Å². The number of carbonyl (C=O) groups is 1. The van der Waals surface area contributed by atoms with Gasteiger partial charge in [0.15, 0.2) is 0 Å². The summed E-state index contributed by atoms with van der Waals surface area (Å²) in [5, 5.41) is 9.53. The standard InChI is InChI=1S/C14H18BrNO2/c15-13-7-4-8-16(14(13)18)12(10-17)9-11-5-2-1-3-6-11/h1-3,5-6,12-13,17H,4,7-10H2. The van der Waals surface area contributed by atoms with Crippen LogP contribution in [0.5, 0.6) is 0 Å². The molecule has 1 saturated heterocycles. The summed E-state index contributed by atoms with van der Waals surface area (Å²) < 4.78 is 0. The Labute approximate surface area is 116 Å². The van der Waals surface area contributed by atoms with Crippen molar-refractivity contribution in [2.45, 2.75) is 30.1 Å². The molecule has 0 bridgehead atoms. The molecule has 1 aliphatic heterocycles. The highest BCUT2D eigenvalue weighted by molar-refractivity contribution is 9.10. The van der Waals surface area contributed by atoms with Gasteiger partial charge in [0.05, 0.1) is 17.5 Å². The number of hydrogen-bond donors (Lipinski definition) is 1. The number of likely N-dealkylation sites (tertiary alicyclic amines) is 1. The molecule has 0 spiro atoms. The quantitative estimate of drug-likeness (QED) is 0.864. The van der Waals surface area contributed by atoms with E-state index >= 15 is 0 Å². The summed E-state index contributed by atoms with van der Waals surface area (Å²) >= 11 is 3.40. The van der Waals surface area contributed by atoms with Crippen molar-refractivity contribution in [1.29, 1.82) is 0 Å². The summed E-state index contributed by atoms with van der Waals surface area (Å²) in [6.45, 7) is 0.763. The van der Waals surface area contributed by atoms with E-state index in [1.165, 1.54) is 0 Å². The average molecular weight is 312 g/mol. The van der Waals surface area contributed by atoms with Gasteiger partial charge in [0.1, 0.15) is 0 Å². The zero-order chi connectivity index (χ0) is 13.0. The van der Waals surface area contributed by atoms with E-state index < -0.39 is 0 Å². The molecule has 1 aromatic carbocycles. The van der Waals surface area contributed by atoms with Gasteiger partial charge in [-0.05, 0) is 24.8 Å². The number of alkyl halides is 1. The van der Waals surface area contributed by atoms with E-state index in [1.54, 1.807) is 0 Å². The molecule has 0 aromatic heterocycles. The van der Waals surface area contributed by atoms with Crippen molar-refractivity contribution in [3.8, 4) is 0 Å². The molecular formula is C14H18BrNO2. The van der Waals surface area contributed by atoms with Crippen molar-refractivity contribution in [3.63, 3.8) is 0 Å². The molecule has 1 heterocycles. The van der Waals surface area contributed by atoms with Gasteiger partial charge >= 0.3 is 0 Å². The minimum absolute atomic E-state index is 0.0142. The van der Waals surface area contributed by atoms with E-state index in [1.807, 2.05) is 35.2 Å². The Bertz CT molecular complexity index is 396. The van der Waals surface area contributed by atoms with E-state index in [2.05, 4.69) is 15.9 Å². The van der Waals surface area contributed by atoms with E-state index in [-0.39, 0.29) is 23.4 Å². The van der Waals surface area contributed by atoms with Crippen LogP contribution in [0.3, 0.4) is 0 Å². The van der Waals surface area contributed by atoms with Crippen LogP contribution in [0, 0.1) is 0 Å². The Kier molecular flexibility index (Phi) is 4.78. The molecular weight excluding hydrogens is 294 g/mol. The SMILES string of the molecule is O=C1C(Br)CCCN1C(CO)Cc1ccccc1. The van der Waals surface area contributed by atoms with Gasteiger partial charge in [-0.3, -0.25) is 4.79 Å². The first-order chi connectivity index (χ1) is 8.72. The monoisotopic (exact) mass is 311 g/mol. The van der Waals surface area contributed by atoms with Crippen LogP contribution in [0.25, 0.3) is 0 Å². The maximum absolute atomic E-state index is 12.1. The van der Waals surface area contributed by atoms with E-state index in [4.69, 9.17) is 0 Å². The van der Waals surface area contributed by atoms with Gasteiger partial charge in [-0.2, -0.15) is 0 Å². The van der Waals surface area contributed by atoms with Gasteiger partial charge in [-0.1, -0.05) is 46.3 Å². The van der Waals surface area contributed by atoms with Crippen LogP contribution >= 0.6 is 15.9 Å². The minimum atomic E-state index is -0.111. The van der Waals surface area contributed by atoms with Gasteiger partial charge in [-0.15, -0.1) is 0 Å². The van der Waals surface area contributed by atoms with Gasteiger partial charge in [0.2, 0.25) is 5.91 Å². The Morgan fingerprint density at radius 1 is 1.39 bits per heavy atom. The lowest BCUT2D eigenvalue weighted by atomic mass is 10.0. The fraction of sp³-hybridized carbons (Fsp3) is 0.500. The zero-order valence-corrected chi connectivity index (χ0v) is 11.8. The van der Waals surface area contributed by atoms with Gasteiger partial charge in [0, 0.05) is 6.54 Å². The van der Waals surface area contributed by atoms with Crippen LogP contribution in [-0.2, 0) is 11.2 Å². The van der Waals surface area contributed by atoms with Gasteiger partial charge in [0.25, 0.3) is 0 Å². The molecule has 1 fully saturated rings. The Hall–Kier alpha value is -0.870. The van der Waals surface area contributed by atoms with Crippen molar-refractivity contribution in [3.05, 3.63) is 35.9 Å². The molecule has 1 amide bonds. The lowest BCUT2D eigenvalue weighted by Crippen LogP contribution is -2.50. The number of piperidine rings is 1. The number of benzene rings is 1. The third-order valence-corrected chi connectivity index (χ3v) is 4.22. The van der Waals surface area contributed by atoms with Crippen LogP contribution in [0.4, 0.5) is 0 Å². The maximum Gasteiger partial charge on any atom is 0.236 e. The third kappa shape index (κ3) is 3.12. The normalized spacial score (nSPS) is 22.0. The van der Waals surface area contributed by atoms with Crippen LogP contribution < -0.4 is 0 Å². The molecule has 1 aromatic rings. The second-order valence-corrected chi connectivity index (χ2v) is 5.77. The summed E-state index contributed by atoms with van der Waals surface area (Å²) in [5.74, 6) is 0.108. The highest BCUT2D eigenvalue weighted by Crippen LogP contribution is 2.21. The first-order valence-corrected chi connectivity index (χ1v) is 7.23. The van der Waals surface area contributed by atoms with Crippen LogP contribution in [-0.4, -0.2) is 39.9 Å². The van der Waals surface area contributed by atoms with Crippen molar-refractivity contribution < 1.29 is 9.90 Å².